The Bertz CT molecular complexity index is 832. The lowest BCUT2D eigenvalue weighted by Gasteiger charge is -2.18. The molecule has 0 radical (unpaired) electrons. The van der Waals surface area contributed by atoms with Crippen molar-refractivity contribution >= 4 is 23.3 Å². The standard InChI is InChI=1S/C19H18ClNO4/c1-23-14-7-8-15-12(10-14)4-3-5-17(15)21-25-19(22)16-11-13(20)6-9-18(16)24-2/h6-11H,3-5H2,1-2H3/b21-17+. The van der Waals surface area contributed by atoms with Crippen LogP contribution in [-0.2, 0) is 11.3 Å². The van der Waals surface area contributed by atoms with Gasteiger partial charge in [0.1, 0.15) is 17.1 Å². The third-order valence-electron chi connectivity index (χ3n) is 4.10. The predicted octanol–water partition coefficient (Wildman–Crippen LogP) is 4.25. The fourth-order valence-corrected chi connectivity index (χ4v) is 3.02. The first-order chi connectivity index (χ1) is 12.1. The zero-order valence-corrected chi connectivity index (χ0v) is 14.8. The molecule has 0 N–H and O–H groups in total. The Morgan fingerprint density at radius 3 is 2.68 bits per heavy atom. The van der Waals surface area contributed by atoms with Crippen molar-refractivity contribution in [1.29, 1.82) is 0 Å². The molecule has 2 aromatic rings. The molecule has 0 aromatic heterocycles. The molecule has 0 bridgehead atoms. The molecule has 0 aliphatic heterocycles. The van der Waals surface area contributed by atoms with E-state index in [4.69, 9.17) is 25.9 Å². The summed E-state index contributed by atoms with van der Waals surface area (Å²) in [7, 11) is 3.12. The van der Waals surface area contributed by atoms with Crippen molar-refractivity contribution in [3.05, 3.63) is 58.1 Å². The van der Waals surface area contributed by atoms with Gasteiger partial charge in [0.05, 0.1) is 19.9 Å². The van der Waals surface area contributed by atoms with Crippen LogP contribution in [0.3, 0.4) is 0 Å². The molecule has 0 heterocycles. The van der Waals surface area contributed by atoms with Gasteiger partial charge in [-0.3, -0.25) is 0 Å². The number of oxime groups is 1. The van der Waals surface area contributed by atoms with Crippen molar-refractivity contribution in [1.82, 2.24) is 0 Å². The van der Waals surface area contributed by atoms with Crippen LogP contribution >= 0.6 is 11.6 Å². The summed E-state index contributed by atoms with van der Waals surface area (Å²) in [5.41, 5.74) is 3.11. The Morgan fingerprint density at radius 1 is 1.08 bits per heavy atom. The first kappa shape index (κ1) is 17.3. The Kier molecular flexibility index (Phi) is 5.24. The lowest BCUT2D eigenvalue weighted by Crippen LogP contribution is -2.14. The summed E-state index contributed by atoms with van der Waals surface area (Å²) >= 11 is 5.95. The number of benzene rings is 2. The molecule has 0 spiro atoms. The highest BCUT2D eigenvalue weighted by Crippen LogP contribution is 2.27. The molecule has 6 heteroatoms. The molecule has 0 fully saturated rings. The summed E-state index contributed by atoms with van der Waals surface area (Å²) in [5, 5.41) is 4.52. The van der Waals surface area contributed by atoms with Crippen molar-refractivity contribution in [3.8, 4) is 11.5 Å². The molecule has 0 amide bonds. The van der Waals surface area contributed by atoms with Gasteiger partial charge in [0.25, 0.3) is 0 Å². The van der Waals surface area contributed by atoms with Crippen LogP contribution < -0.4 is 9.47 Å². The topological polar surface area (TPSA) is 57.1 Å². The molecule has 0 unspecified atom stereocenters. The molecule has 0 saturated heterocycles. The molecular weight excluding hydrogens is 342 g/mol. The maximum absolute atomic E-state index is 12.3. The first-order valence-electron chi connectivity index (χ1n) is 7.91. The van der Waals surface area contributed by atoms with Gasteiger partial charge in [0.2, 0.25) is 0 Å². The van der Waals surface area contributed by atoms with Crippen molar-refractivity contribution < 1.29 is 19.1 Å². The summed E-state index contributed by atoms with van der Waals surface area (Å²) in [4.78, 5) is 17.5. The van der Waals surface area contributed by atoms with Gasteiger partial charge in [-0.2, -0.15) is 0 Å². The molecule has 5 nitrogen and oxygen atoms in total. The maximum atomic E-state index is 12.3. The normalized spacial score (nSPS) is 14.8. The minimum absolute atomic E-state index is 0.241. The second-order valence-corrected chi connectivity index (χ2v) is 6.07. The van der Waals surface area contributed by atoms with Crippen LogP contribution in [0.5, 0.6) is 11.5 Å². The monoisotopic (exact) mass is 359 g/mol. The zero-order valence-electron chi connectivity index (χ0n) is 14.0. The van der Waals surface area contributed by atoms with Gasteiger partial charge in [-0.1, -0.05) is 16.8 Å². The number of methoxy groups -OCH3 is 2. The summed E-state index contributed by atoms with van der Waals surface area (Å²) in [6.45, 7) is 0. The number of halogens is 1. The zero-order chi connectivity index (χ0) is 17.8. The number of fused-ring (bicyclic) bond motifs is 1. The molecule has 1 aliphatic rings. The van der Waals surface area contributed by atoms with Crippen LogP contribution in [0, 0.1) is 0 Å². The molecule has 130 valence electrons. The lowest BCUT2D eigenvalue weighted by atomic mass is 9.90. The van der Waals surface area contributed by atoms with Crippen LogP contribution in [0.1, 0.15) is 34.3 Å². The highest BCUT2D eigenvalue weighted by atomic mass is 35.5. The summed E-state index contributed by atoms with van der Waals surface area (Å²) in [6, 6.07) is 10.6. The third kappa shape index (κ3) is 3.77. The van der Waals surface area contributed by atoms with Gasteiger partial charge in [-0.15, -0.1) is 0 Å². The van der Waals surface area contributed by atoms with Crippen molar-refractivity contribution in [3.63, 3.8) is 0 Å². The number of hydrogen-bond acceptors (Lipinski definition) is 5. The fourth-order valence-electron chi connectivity index (χ4n) is 2.85. The average molecular weight is 360 g/mol. The number of hydrogen-bond donors (Lipinski definition) is 0. The lowest BCUT2D eigenvalue weighted by molar-refractivity contribution is 0.0512. The van der Waals surface area contributed by atoms with Crippen molar-refractivity contribution in [2.24, 2.45) is 5.16 Å². The van der Waals surface area contributed by atoms with E-state index < -0.39 is 5.97 Å². The molecule has 0 atom stereocenters. The summed E-state index contributed by atoms with van der Waals surface area (Å²) in [6.07, 6.45) is 2.64. The van der Waals surface area contributed by atoms with Crippen molar-refractivity contribution in [2.75, 3.05) is 14.2 Å². The van der Waals surface area contributed by atoms with Crippen LogP contribution in [0.25, 0.3) is 0 Å². The van der Waals surface area contributed by atoms with Crippen LogP contribution in [0.4, 0.5) is 0 Å². The predicted molar refractivity (Wildman–Crippen MR) is 95.9 cm³/mol. The van der Waals surface area contributed by atoms with E-state index in [1.807, 2.05) is 18.2 Å². The fraction of sp³-hybridized carbons (Fsp3) is 0.263. The Morgan fingerprint density at radius 2 is 1.92 bits per heavy atom. The number of ether oxygens (including phenoxy) is 2. The SMILES string of the molecule is COc1ccc2c(c1)CCC/C2=N\OC(=O)c1cc(Cl)ccc1OC. The second-order valence-electron chi connectivity index (χ2n) is 5.64. The first-order valence-corrected chi connectivity index (χ1v) is 8.29. The second kappa shape index (κ2) is 7.57. The number of nitrogens with zero attached hydrogens (tertiary/aromatic N) is 1. The van der Waals surface area contributed by atoms with Crippen LogP contribution in [0.15, 0.2) is 41.6 Å². The smallest absolute Gasteiger partial charge is 0.369 e. The summed E-state index contributed by atoms with van der Waals surface area (Å²) in [5.74, 6) is 0.594. The molecule has 3 rings (SSSR count). The maximum Gasteiger partial charge on any atom is 0.369 e. The van der Waals surface area contributed by atoms with Gasteiger partial charge in [0, 0.05) is 10.6 Å². The number of aryl methyl sites for hydroxylation is 1. The van der Waals surface area contributed by atoms with Gasteiger partial charge < -0.3 is 14.3 Å². The highest BCUT2D eigenvalue weighted by molar-refractivity contribution is 6.31. The van der Waals surface area contributed by atoms with E-state index in [1.54, 1.807) is 19.2 Å². The van der Waals surface area contributed by atoms with E-state index in [2.05, 4.69) is 5.16 Å². The number of carbonyl (C=O) groups is 1. The minimum atomic E-state index is -0.604. The Labute approximate surface area is 151 Å². The van der Waals surface area contributed by atoms with Gasteiger partial charge in [-0.05, 0) is 61.2 Å². The molecule has 25 heavy (non-hydrogen) atoms. The van der Waals surface area contributed by atoms with Crippen LogP contribution in [0.2, 0.25) is 5.02 Å². The quantitative estimate of drug-likeness (QED) is 0.604. The van der Waals surface area contributed by atoms with E-state index in [-0.39, 0.29) is 5.56 Å². The Balaban J connectivity index is 1.84. The average Bonchev–Trinajstić information content (AvgIpc) is 2.65. The largest absolute Gasteiger partial charge is 0.497 e. The number of carbonyl (C=O) groups excluding carboxylic acids is 1. The highest BCUT2D eigenvalue weighted by Gasteiger charge is 2.19. The molecule has 2 aromatic carbocycles. The van der Waals surface area contributed by atoms with Crippen LogP contribution in [-0.4, -0.2) is 25.9 Å². The van der Waals surface area contributed by atoms with Gasteiger partial charge in [-0.25, -0.2) is 4.79 Å². The van der Waals surface area contributed by atoms with Crippen molar-refractivity contribution in [2.45, 2.75) is 19.3 Å². The summed E-state index contributed by atoms with van der Waals surface area (Å²) < 4.78 is 10.4. The third-order valence-corrected chi connectivity index (χ3v) is 4.34. The molecular formula is C19H18ClNO4. The Hall–Kier alpha value is -2.53. The van der Waals surface area contributed by atoms with E-state index in [0.29, 0.717) is 10.8 Å². The van der Waals surface area contributed by atoms with Gasteiger partial charge >= 0.3 is 5.97 Å². The van der Waals surface area contributed by atoms with E-state index in [9.17, 15) is 4.79 Å². The minimum Gasteiger partial charge on any atom is -0.497 e. The molecule has 1 aliphatic carbocycles. The van der Waals surface area contributed by atoms with E-state index >= 15 is 0 Å². The van der Waals surface area contributed by atoms with E-state index in [0.717, 1.165) is 41.9 Å². The van der Waals surface area contributed by atoms with E-state index in [1.165, 1.54) is 13.2 Å². The van der Waals surface area contributed by atoms with Gasteiger partial charge in [0.15, 0.2) is 0 Å². The molecule has 0 saturated carbocycles. The number of rotatable bonds is 4.